The minimum absolute atomic E-state index is 0.0506. The highest BCUT2D eigenvalue weighted by atomic mass is 16.6. The molecule has 4 saturated carbocycles. The third-order valence-corrected chi connectivity index (χ3v) is 6.07. The van der Waals surface area contributed by atoms with E-state index in [1.54, 1.807) is 6.07 Å². The number of hydrogen-bond acceptors (Lipinski definition) is 4. The lowest BCUT2D eigenvalue weighted by Gasteiger charge is -2.57. The molecule has 1 aromatic carbocycles. The van der Waals surface area contributed by atoms with Gasteiger partial charge in [-0.1, -0.05) is 0 Å². The summed E-state index contributed by atoms with van der Waals surface area (Å²) in [6.07, 6.45) is 7.44. The van der Waals surface area contributed by atoms with Gasteiger partial charge in [0.25, 0.3) is 5.69 Å². The normalized spacial score (nSPS) is 35.5. The number of carbonyl (C=O) groups excluding carboxylic acids is 1. The molecule has 116 valence electrons. The number of nitro groups is 1. The Morgan fingerprint density at radius 2 is 1.64 bits per heavy atom. The van der Waals surface area contributed by atoms with Crippen molar-refractivity contribution in [3.63, 3.8) is 0 Å². The summed E-state index contributed by atoms with van der Waals surface area (Å²) in [5.41, 5.74) is 0.278. The number of nitrogens with zero attached hydrogens (tertiary/aromatic N) is 1. The molecule has 4 aliphatic rings. The van der Waals surface area contributed by atoms with Crippen molar-refractivity contribution in [1.29, 1.82) is 0 Å². The zero-order chi connectivity index (χ0) is 15.5. The average Bonchev–Trinajstić information content (AvgIpc) is 2.45. The second-order valence-corrected chi connectivity index (χ2v) is 7.49. The second kappa shape index (κ2) is 4.54. The molecule has 22 heavy (non-hydrogen) atoms. The van der Waals surface area contributed by atoms with Crippen LogP contribution in [0.1, 0.15) is 54.4 Å². The molecule has 1 aromatic rings. The van der Waals surface area contributed by atoms with Crippen LogP contribution in [0.2, 0.25) is 0 Å². The zero-order valence-corrected chi connectivity index (χ0v) is 12.3. The Morgan fingerprint density at radius 3 is 2.09 bits per heavy atom. The molecule has 5 nitrogen and oxygen atoms in total. The van der Waals surface area contributed by atoms with E-state index in [4.69, 9.17) is 0 Å². The van der Waals surface area contributed by atoms with Crippen LogP contribution >= 0.6 is 0 Å². The lowest BCUT2D eigenvalue weighted by molar-refractivity contribution is -0.398. The first-order valence-electron chi connectivity index (χ1n) is 7.96. The molecule has 0 N–H and O–H groups in total. The first-order valence-corrected chi connectivity index (χ1v) is 7.96. The standard InChI is InChI=1S/C17H19NO4/c19-9-13-4-14(5-15(16(13)20)18(21)22)17-6-10-1-11(7-17)3-12(2-10)8-17/h4-5,9-12,20H,1-3,6-8H2/p-1. The molecule has 5 heteroatoms. The second-order valence-electron chi connectivity index (χ2n) is 7.49. The Morgan fingerprint density at radius 1 is 1.09 bits per heavy atom. The molecule has 0 spiro atoms. The van der Waals surface area contributed by atoms with Gasteiger partial charge >= 0.3 is 0 Å². The van der Waals surface area contributed by atoms with E-state index in [0.717, 1.165) is 24.8 Å². The van der Waals surface area contributed by atoms with Crippen molar-refractivity contribution in [2.24, 2.45) is 17.8 Å². The minimum atomic E-state index is -0.756. The number of benzene rings is 1. The van der Waals surface area contributed by atoms with Gasteiger partial charge in [-0.2, -0.15) is 0 Å². The van der Waals surface area contributed by atoms with Crippen molar-refractivity contribution in [2.75, 3.05) is 0 Å². The zero-order valence-electron chi connectivity index (χ0n) is 12.3. The molecule has 0 heterocycles. The summed E-state index contributed by atoms with van der Waals surface area (Å²) in [5, 5.41) is 23.1. The van der Waals surface area contributed by atoms with E-state index in [9.17, 15) is 20.0 Å². The van der Waals surface area contributed by atoms with Crippen LogP contribution in [0, 0.1) is 27.9 Å². The highest BCUT2D eigenvalue weighted by Crippen LogP contribution is 2.61. The summed E-state index contributed by atoms with van der Waals surface area (Å²) in [4.78, 5) is 21.7. The third-order valence-electron chi connectivity index (χ3n) is 6.07. The van der Waals surface area contributed by atoms with Crippen LogP contribution in [-0.2, 0) is 5.41 Å². The van der Waals surface area contributed by atoms with Crippen molar-refractivity contribution < 1.29 is 14.8 Å². The summed E-state index contributed by atoms with van der Waals surface area (Å²) >= 11 is 0. The van der Waals surface area contributed by atoms with Gasteiger partial charge in [-0.15, -0.1) is 0 Å². The van der Waals surface area contributed by atoms with Gasteiger partial charge in [0.2, 0.25) is 0 Å². The largest absolute Gasteiger partial charge is 0.867 e. The number of rotatable bonds is 3. The van der Waals surface area contributed by atoms with Crippen molar-refractivity contribution in [1.82, 2.24) is 0 Å². The summed E-state index contributed by atoms with van der Waals surface area (Å²) in [6.45, 7) is 0. The molecule has 5 rings (SSSR count). The van der Waals surface area contributed by atoms with Gasteiger partial charge in [0.05, 0.1) is 4.92 Å². The van der Waals surface area contributed by atoms with Crippen molar-refractivity contribution in [3.8, 4) is 5.75 Å². The lowest BCUT2D eigenvalue weighted by Crippen LogP contribution is -2.48. The summed E-state index contributed by atoms with van der Waals surface area (Å²) in [5.74, 6) is 1.36. The minimum Gasteiger partial charge on any atom is -0.867 e. The average molecular weight is 300 g/mol. The Bertz CT molecular complexity index is 632. The van der Waals surface area contributed by atoms with Gasteiger partial charge < -0.3 is 5.11 Å². The van der Waals surface area contributed by atoms with Gasteiger partial charge in [-0.3, -0.25) is 14.9 Å². The fraction of sp³-hybridized carbons (Fsp3) is 0.588. The lowest BCUT2D eigenvalue weighted by atomic mass is 9.48. The van der Waals surface area contributed by atoms with E-state index in [1.165, 1.54) is 25.3 Å². The van der Waals surface area contributed by atoms with Gasteiger partial charge in [0.15, 0.2) is 0 Å². The van der Waals surface area contributed by atoms with Crippen molar-refractivity contribution in [2.45, 2.75) is 43.9 Å². The summed E-state index contributed by atoms with van der Waals surface area (Å²) < 4.78 is 0. The molecule has 0 aromatic heterocycles. The van der Waals surface area contributed by atoms with E-state index in [1.807, 2.05) is 0 Å². The van der Waals surface area contributed by atoms with Crippen LogP contribution in [0.5, 0.6) is 5.75 Å². The van der Waals surface area contributed by atoms with E-state index >= 15 is 0 Å². The number of hydrogen-bond donors (Lipinski definition) is 0. The van der Waals surface area contributed by atoms with Gasteiger partial charge in [0, 0.05) is 11.6 Å². The van der Waals surface area contributed by atoms with E-state index < -0.39 is 16.4 Å². The van der Waals surface area contributed by atoms with Crippen LogP contribution < -0.4 is 5.11 Å². The molecule has 4 fully saturated rings. The molecule has 0 aliphatic heterocycles. The Kier molecular flexibility index (Phi) is 2.83. The molecular formula is C17H18NO4-. The number of aldehydes is 1. The van der Waals surface area contributed by atoms with Gasteiger partial charge in [-0.25, -0.2) is 0 Å². The van der Waals surface area contributed by atoms with Crippen LogP contribution in [0.3, 0.4) is 0 Å². The van der Waals surface area contributed by atoms with E-state index in [-0.39, 0.29) is 11.0 Å². The highest BCUT2D eigenvalue weighted by molar-refractivity contribution is 5.82. The number of nitro benzene ring substituents is 1. The van der Waals surface area contributed by atoms with Gasteiger partial charge in [0.1, 0.15) is 6.29 Å². The topological polar surface area (TPSA) is 83.3 Å². The molecule has 0 radical (unpaired) electrons. The Balaban J connectivity index is 1.84. The first kappa shape index (κ1) is 13.7. The molecule has 0 amide bonds. The van der Waals surface area contributed by atoms with Crippen LogP contribution in [0.25, 0.3) is 0 Å². The monoisotopic (exact) mass is 300 g/mol. The van der Waals surface area contributed by atoms with Crippen molar-refractivity contribution in [3.05, 3.63) is 33.4 Å². The Labute approximate surface area is 128 Å². The first-order chi connectivity index (χ1) is 10.5. The van der Waals surface area contributed by atoms with Crippen LogP contribution in [-0.4, -0.2) is 11.2 Å². The summed E-state index contributed by atoms with van der Waals surface area (Å²) in [7, 11) is 0. The molecule has 4 aliphatic carbocycles. The molecular weight excluding hydrogens is 282 g/mol. The molecule has 0 saturated heterocycles. The number of carbonyl (C=O) groups is 1. The maximum absolute atomic E-state index is 11.9. The van der Waals surface area contributed by atoms with E-state index in [0.29, 0.717) is 24.0 Å². The highest BCUT2D eigenvalue weighted by Gasteiger charge is 2.51. The smallest absolute Gasteiger partial charge is 0.262 e. The van der Waals surface area contributed by atoms with Gasteiger partial charge in [-0.05, 0) is 79.1 Å². The van der Waals surface area contributed by atoms with Crippen molar-refractivity contribution >= 4 is 12.0 Å². The molecule has 0 atom stereocenters. The third kappa shape index (κ3) is 1.87. The van der Waals surface area contributed by atoms with E-state index in [2.05, 4.69) is 0 Å². The predicted molar refractivity (Wildman–Crippen MR) is 77.8 cm³/mol. The van der Waals surface area contributed by atoms with Crippen LogP contribution in [0.4, 0.5) is 5.69 Å². The SMILES string of the molecule is O=Cc1cc(C23CC4CC(CC(C4)C2)C3)cc([N+](=O)[O-])c1[O-]. The maximum atomic E-state index is 11.9. The molecule has 0 unspecified atom stereocenters. The maximum Gasteiger partial charge on any atom is 0.262 e. The quantitative estimate of drug-likeness (QED) is 0.488. The fourth-order valence-electron chi connectivity index (χ4n) is 5.63. The summed E-state index contributed by atoms with van der Waals surface area (Å²) in [6, 6.07) is 3.07. The Hall–Kier alpha value is -1.91. The van der Waals surface area contributed by atoms with Crippen LogP contribution in [0.15, 0.2) is 12.1 Å². The fourth-order valence-corrected chi connectivity index (χ4v) is 5.63. The predicted octanol–water partition coefficient (Wildman–Crippen LogP) is 2.95. The molecule has 4 bridgehead atoms.